The molecule has 0 saturated heterocycles. The van der Waals surface area contributed by atoms with E-state index in [1.165, 1.54) is 0 Å². The molecule has 1 aliphatic carbocycles. The number of sulfonamides is 1. The maximum atomic E-state index is 12.9. The summed E-state index contributed by atoms with van der Waals surface area (Å²) >= 11 is 0. The minimum atomic E-state index is -3.61. The van der Waals surface area contributed by atoms with Crippen LogP contribution in [0.2, 0.25) is 0 Å². The van der Waals surface area contributed by atoms with E-state index in [9.17, 15) is 13.5 Å². The lowest BCUT2D eigenvalue weighted by Crippen LogP contribution is -2.36. The highest BCUT2D eigenvalue weighted by atomic mass is 32.2. The molecule has 1 saturated carbocycles. The Balaban J connectivity index is 2.48. The Bertz CT molecular complexity index is 585. The second kappa shape index (κ2) is 5.50. The molecule has 0 radical (unpaired) electrons. The normalized spacial score (nSPS) is 16.4. The van der Waals surface area contributed by atoms with Gasteiger partial charge in [-0.25, -0.2) is 8.42 Å². The van der Waals surface area contributed by atoms with Crippen LogP contribution in [0.5, 0.6) is 0 Å². The van der Waals surface area contributed by atoms with Crippen molar-refractivity contribution >= 4 is 10.0 Å². The first-order valence-electron chi connectivity index (χ1n) is 7.00. The molecule has 1 N–H and O–H groups in total. The minimum absolute atomic E-state index is 0.101. The van der Waals surface area contributed by atoms with Crippen LogP contribution in [-0.2, 0) is 16.6 Å². The monoisotopic (exact) mass is 301 g/mol. The lowest BCUT2D eigenvalue weighted by atomic mass is 10.2. The number of furan rings is 1. The summed E-state index contributed by atoms with van der Waals surface area (Å²) in [5, 5.41) is 9.45. The fraction of sp³-hybridized carbons (Fsp3) is 0.714. The Morgan fingerprint density at radius 2 is 1.90 bits per heavy atom. The van der Waals surface area contributed by atoms with Crippen molar-refractivity contribution in [3.8, 4) is 0 Å². The number of aliphatic hydroxyl groups is 1. The average molecular weight is 301 g/mol. The second-order valence-electron chi connectivity index (χ2n) is 5.88. The fourth-order valence-electron chi connectivity index (χ4n) is 2.51. The summed E-state index contributed by atoms with van der Waals surface area (Å²) in [6.07, 6.45) is 1.83. The summed E-state index contributed by atoms with van der Waals surface area (Å²) in [5.41, 5.74) is 0.386. The van der Waals surface area contributed by atoms with Crippen LogP contribution in [0.3, 0.4) is 0 Å². The van der Waals surface area contributed by atoms with Crippen molar-refractivity contribution in [2.45, 2.75) is 58.1 Å². The second-order valence-corrected chi connectivity index (χ2v) is 7.71. The summed E-state index contributed by atoms with van der Waals surface area (Å²) in [4.78, 5) is 0.157. The number of rotatable bonds is 6. The highest BCUT2D eigenvalue weighted by Gasteiger charge is 2.41. The number of nitrogens with zero attached hydrogens (tertiary/aromatic N) is 1. The van der Waals surface area contributed by atoms with E-state index in [0.717, 1.165) is 12.8 Å². The average Bonchev–Trinajstić information content (AvgIpc) is 3.11. The highest BCUT2D eigenvalue weighted by Crippen LogP contribution is 2.36. The first kappa shape index (κ1) is 15.5. The topological polar surface area (TPSA) is 70.8 Å². The number of aliphatic hydroxyl groups excluding tert-OH is 1. The van der Waals surface area contributed by atoms with Gasteiger partial charge >= 0.3 is 0 Å². The van der Waals surface area contributed by atoms with Crippen LogP contribution in [0.25, 0.3) is 0 Å². The smallest absolute Gasteiger partial charge is 0.247 e. The zero-order valence-electron chi connectivity index (χ0n) is 12.5. The van der Waals surface area contributed by atoms with Gasteiger partial charge in [0.2, 0.25) is 10.0 Å². The highest BCUT2D eigenvalue weighted by molar-refractivity contribution is 7.89. The molecule has 114 valence electrons. The van der Waals surface area contributed by atoms with E-state index in [1.807, 2.05) is 13.8 Å². The van der Waals surface area contributed by atoms with Crippen molar-refractivity contribution in [3.05, 3.63) is 17.1 Å². The SMILES string of the molecule is Cc1oc(C)c(S(=O)(=O)N(CC(C)C)C2CC2)c1CO. The summed E-state index contributed by atoms with van der Waals surface area (Å²) in [5.74, 6) is 1.10. The fourth-order valence-corrected chi connectivity index (χ4v) is 4.77. The molecule has 0 aromatic carbocycles. The van der Waals surface area contributed by atoms with Crippen molar-refractivity contribution in [2.24, 2.45) is 5.92 Å². The molecule has 1 aromatic heterocycles. The van der Waals surface area contributed by atoms with E-state index in [4.69, 9.17) is 4.42 Å². The van der Waals surface area contributed by atoms with Crippen LogP contribution >= 0.6 is 0 Å². The van der Waals surface area contributed by atoms with Crippen LogP contribution in [0.15, 0.2) is 9.31 Å². The molecule has 0 unspecified atom stereocenters. The van der Waals surface area contributed by atoms with Gasteiger partial charge in [0, 0.05) is 18.2 Å². The molecule has 0 bridgehead atoms. The van der Waals surface area contributed by atoms with Crippen molar-refractivity contribution in [2.75, 3.05) is 6.54 Å². The minimum Gasteiger partial charge on any atom is -0.465 e. The summed E-state index contributed by atoms with van der Waals surface area (Å²) in [6.45, 7) is 7.51. The van der Waals surface area contributed by atoms with E-state index >= 15 is 0 Å². The Hall–Kier alpha value is -0.850. The first-order chi connectivity index (χ1) is 9.28. The lowest BCUT2D eigenvalue weighted by molar-refractivity contribution is 0.275. The molecule has 0 amide bonds. The molecular formula is C14H23NO4S. The van der Waals surface area contributed by atoms with Gasteiger partial charge < -0.3 is 9.52 Å². The molecule has 20 heavy (non-hydrogen) atoms. The third-order valence-electron chi connectivity index (χ3n) is 3.55. The summed E-state index contributed by atoms with van der Waals surface area (Å²) < 4.78 is 32.8. The molecule has 5 nitrogen and oxygen atoms in total. The van der Waals surface area contributed by atoms with Crippen molar-refractivity contribution in [1.82, 2.24) is 4.31 Å². The van der Waals surface area contributed by atoms with Gasteiger partial charge in [-0.05, 0) is 32.6 Å². The zero-order chi connectivity index (χ0) is 15.1. The van der Waals surface area contributed by atoms with Gasteiger partial charge in [0.15, 0.2) is 0 Å². The number of hydrogen-bond donors (Lipinski definition) is 1. The predicted molar refractivity (Wildman–Crippen MR) is 75.9 cm³/mol. The molecule has 1 aliphatic rings. The summed E-state index contributed by atoms with van der Waals surface area (Å²) in [7, 11) is -3.61. The molecule has 0 spiro atoms. The van der Waals surface area contributed by atoms with E-state index < -0.39 is 10.0 Å². The van der Waals surface area contributed by atoms with Gasteiger partial charge in [0.05, 0.1) is 6.61 Å². The number of aryl methyl sites for hydroxylation is 2. The number of hydrogen-bond acceptors (Lipinski definition) is 4. The predicted octanol–water partition coefficient (Wildman–Crippen LogP) is 2.20. The van der Waals surface area contributed by atoms with Crippen LogP contribution in [-0.4, -0.2) is 30.4 Å². The van der Waals surface area contributed by atoms with Gasteiger partial charge in [-0.1, -0.05) is 13.8 Å². The van der Waals surface area contributed by atoms with Crippen molar-refractivity contribution < 1.29 is 17.9 Å². The first-order valence-corrected chi connectivity index (χ1v) is 8.44. The quantitative estimate of drug-likeness (QED) is 0.874. The molecule has 1 heterocycles. The maximum absolute atomic E-state index is 12.9. The molecule has 1 aromatic rings. The molecule has 1 fully saturated rings. The molecule has 6 heteroatoms. The van der Waals surface area contributed by atoms with Crippen LogP contribution < -0.4 is 0 Å². The van der Waals surface area contributed by atoms with Gasteiger partial charge in [0.1, 0.15) is 16.4 Å². The van der Waals surface area contributed by atoms with Crippen LogP contribution in [0.4, 0.5) is 0 Å². The molecular weight excluding hydrogens is 278 g/mol. The van der Waals surface area contributed by atoms with Crippen molar-refractivity contribution in [1.29, 1.82) is 0 Å². The van der Waals surface area contributed by atoms with Gasteiger partial charge in [0.25, 0.3) is 0 Å². The van der Waals surface area contributed by atoms with E-state index in [1.54, 1.807) is 18.2 Å². The van der Waals surface area contributed by atoms with Gasteiger partial charge in [-0.15, -0.1) is 0 Å². The standard InChI is InChI=1S/C14H23NO4S/c1-9(2)7-15(12-5-6-12)20(17,18)14-11(4)19-10(3)13(14)8-16/h9,12,16H,5-8H2,1-4H3. The molecule has 0 aliphatic heterocycles. The zero-order valence-corrected chi connectivity index (χ0v) is 13.3. The van der Waals surface area contributed by atoms with E-state index in [0.29, 0.717) is 23.6 Å². The third kappa shape index (κ3) is 2.77. The maximum Gasteiger partial charge on any atom is 0.247 e. The van der Waals surface area contributed by atoms with Crippen LogP contribution in [0, 0.1) is 19.8 Å². The van der Waals surface area contributed by atoms with E-state index in [2.05, 4.69) is 0 Å². The lowest BCUT2D eigenvalue weighted by Gasteiger charge is -2.24. The van der Waals surface area contributed by atoms with Crippen molar-refractivity contribution in [3.63, 3.8) is 0 Å². The van der Waals surface area contributed by atoms with E-state index in [-0.39, 0.29) is 23.5 Å². The molecule has 2 rings (SSSR count). The Kier molecular flexibility index (Phi) is 4.27. The Morgan fingerprint density at radius 1 is 1.30 bits per heavy atom. The van der Waals surface area contributed by atoms with Gasteiger partial charge in [-0.2, -0.15) is 4.31 Å². The van der Waals surface area contributed by atoms with Crippen LogP contribution in [0.1, 0.15) is 43.8 Å². The largest absolute Gasteiger partial charge is 0.465 e. The third-order valence-corrected chi connectivity index (χ3v) is 5.66. The Labute approximate surface area is 120 Å². The molecule has 0 atom stereocenters. The Morgan fingerprint density at radius 3 is 2.35 bits per heavy atom. The summed E-state index contributed by atoms with van der Waals surface area (Å²) in [6, 6.07) is 0.101. The van der Waals surface area contributed by atoms with Gasteiger partial charge in [-0.3, -0.25) is 0 Å².